The monoisotopic (exact) mass is 253 g/mol. The molecule has 0 aliphatic heterocycles. The molecule has 108 valence electrons. The second-order valence-electron chi connectivity index (χ2n) is 6.44. The summed E-state index contributed by atoms with van der Waals surface area (Å²) in [6.07, 6.45) is 16.7. The Hall–Kier alpha value is -0.0400. The Bertz CT molecular complexity index is 182. The van der Waals surface area contributed by atoms with Crippen LogP contribution in [-0.2, 0) is 0 Å². The van der Waals surface area contributed by atoms with E-state index in [0.717, 1.165) is 11.8 Å². The van der Waals surface area contributed by atoms with Gasteiger partial charge in [0.25, 0.3) is 0 Å². The van der Waals surface area contributed by atoms with Crippen LogP contribution in [0.15, 0.2) is 0 Å². The van der Waals surface area contributed by atoms with Crippen LogP contribution in [0.2, 0.25) is 0 Å². The Kier molecular flexibility index (Phi) is 8.75. The first-order valence-electron chi connectivity index (χ1n) is 8.53. The van der Waals surface area contributed by atoms with Crippen LogP contribution in [0.5, 0.6) is 0 Å². The van der Waals surface area contributed by atoms with Gasteiger partial charge >= 0.3 is 0 Å². The van der Waals surface area contributed by atoms with E-state index in [0.29, 0.717) is 6.04 Å². The summed E-state index contributed by atoms with van der Waals surface area (Å²) >= 11 is 0. The van der Waals surface area contributed by atoms with E-state index in [1.54, 1.807) is 0 Å². The molecule has 1 aliphatic carbocycles. The number of unbranched alkanes of at least 4 members (excludes halogenated alkanes) is 4. The first-order valence-corrected chi connectivity index (χ1v) is 8.53. The Balaban J connectivity index is 2.06. The van der Waals surface area contributed by atoms with Crippen molar-refractivity contribution >= 4 is 0 Å². The van der Waals surface area contributed by atoms with Crippen LogP contribution >= 0.6 is 0 Å². The van der Waals surface area contributed by atoms with Crippen molar-refractivity contribution in [1.82, 2.24) is 0 Å². The SMILES string of the molecule is CCCCCCCC(N)C1CCC(CCC)CC1. The highest BCUT2D eigenvalue weighted by Crippen LogP contribution is 2.33. The standard InChI is InChI=1S/C17H35N/c1-3-5-6-7-8-10-17(18)16-13-11-15(9-4-2)12-14-16/h15-17H,3-14,18H2,1-2H3. The van der Waals surface area contributed by atoms with Crippen molar-refractivity contribution in [2.45, 2.75) is 96.9 Å². The summed E-state index contributed by atoms with van der Waals surface area (Å²) in [5.74, 6) is 1.85. The minimum Gasteiger partial charge on any atom is -0.327 e. The summed E-state index contributed by atoms with van der Waals surface area (Å²) in [4.78, 5) is 0. The van der Waals surface area contributed by atoms with Crippen LogP contribution < -0.4 is 5.73 Å². The van der Waals surface area contributed by atoms with Gasteiger partial charge in [-0.1, -0.05) is 71.6 Å². The zero-order valence-corrected chi connectivity index (χ0v) is 12.8. The molecule has 1 fully saturated rings. The molecule has 18 heavy (non-hydrogen) atoms. The third-order valence-electron chi connectivity index (χ3n) is 4.83. The molecule has 0 spiro atoms. The lowest BCUT2D eigenvalue weighted by Crippen LogP contribution is -2.33. The molecule has 0 aromatic heterocycles. The first kappa shape index (κ1) is 16.0. The second kappa shape index (κ2) is 9.83. The Morgan fingerprint density at radius 3 is 2.17 bits per heavy atom. The van der Waals surface area contributed by atoms with Gasteiger partial charge in [0.2, 0.25) is 0 Å². The van der Waals surface area contributed by atoms with Gasteiger partial charge in [-0.2, -0.15) is 0 Å². The van der Waals surface area contributed by atoms with Crippen molar-refractivity contribution in [3.05, 3.63) is 0 Å². The Morgan fingerprint density at radius 1 is 0.889 bits per heavy atom. The molecule has 0 aromatic carbocycles. The van der Waals surface area contributed by atoms with Crippen LogP contribution in [0.1, 0.15) is 90.9 Å². The predicted octanol–water partition coefficient (Wildman–Crippen LogP) is 5.28. The molecule has 1 unspecified atom stereocenters. The smallest absolute Gasteiger partial charge is 0.00671 e. The highest BCUT2D eigenvalue weighted by atomic mass is 14.6. The maximum absolute atomic E-state index is 6.38. The molecular formula is C17H35N. The topological polar surface area (TPSA) is 26.0 Å². The van der Waals surface area contributed by atoms with Crippen LogP contribution in [0, 0.1) is 11.8 Å². The van der Waals surface area contributed by atoms with Gasteiger partial charge in [0, 0.05) is 6.04 Å². The number of hydrogen-bond acceptors (Lipinski definition) is 1. The van der Waals surface area contributed by atoms with E-state index >= 15 is 0 Å². The van der Waals surface area contributed by atoms with Gasteiger partial charge in [-0.3, -0.25) is 0 Å². The molecule has 0 heterocycles. The summed E-state index contributed by atoms with van der Waals surface area (Å²) in [6.45, 7) is 4.59. The van der Waals surface area contributed by atoms with Crippen LogP contribution in [-0.4, -0.2) is 6.04 Å². The normalized spacial score (nSPS) is 26.2. The van der Waals surface area contributed by atoms with E-state index in [4.69, 9.17) is 5.73 Å². The first-order chi connectivity index (χ1) is 8.77. The van der Waals surface area contributed by atoms with Gasteiger partial charge in [-0.15, -0.1) is 0 Å². The second-order valence-corrected chi connectivity index (χ2v) is 6.44. The number of nitrogens with two attached hydrogens (primary N) is 1. The average Bonchev–Trinajstić information content (AvgIpc) is 2.39. The summed E-state index contributed by atoms with van der Waals surface area (Å²) in [7, 11) is 0. The van der Waals surface area contributed by atoms with E-state index in [1.165, 1.54) is 77.0 Å². The van der Waals surface area contributed by atoms with Gasteiger partial charge in [-0.25, -0.2) is 0 Å². The summed E-state index contributed by atoms with van der Waals surface area (Å²) in [5, 5.41) is 0. The molecule has 1 nitrogen and oxygen atoms in total. The van der Waals surface area contributed by atoms with Crippen molar-refractivity contribution in [3.8, 4) is 0 Å². The lowest BCUT2D eigenvalue weighted by Gasteiger charge is -2.32. The predicted molar refractivity (Wildman–Crippen MR) is 81.7 cm³/mol. The highest BCUT2D eigenvalue weighted by Gasteiger charge is 2.24. The zero-order chi connectivity index (χ0) is 13.2. The number of hydrogen-bond donors (Lipinski definition) is 1. The van der Waals surface area contributed by atoms with Crippen molar-refractivity contribution in [3.63, 3.8) is 0 Å². The van der Waals surface area contributed by atoms with Crippen LogP contribution in [0.25, 0.3) is 0 Å². The molecule has 1 atom stereocenters. The van der Waals surface area contributed by atoms with Crippen molar-refractivity contribution in [1.29, 1.82) is 0 Å². The van der Waals surface area contributed by atoms with Gasteiger partial charge < -0.3 is 5.73 Å². The van der Waals surface area contributed by atoms with Crippen LogP contribution in [0.3, 0.4) is 0 Å². The molecule has 0 aromatic rings. The third-order valence-corrected chi connectivity index (χ3v) is 4.83. The highest BCUT2D eigenvalue weighted by molar-refractivity contribution is 4.79. The Labute approximate surface area is 115 Å². The third kappa shape index (κ3) is 6.22. The van der Waals surface area contributed by atoms with E-state index in [1.807, 2.05) is 0 Å². The van der Waals surface area contributed by atoms with E-state index in [9.17, 15) is 0 Å². The quantitative estimate of drug-likeness (QED) is 0.556. The number of rotatable bonds is 9. The summed E-state index contributed by atoms with van der Waals surface area (Å²) < 4.78 is 0. The molecule has 1 aliphatic rings. The van der Waals surface area contributed by atoms with Crippen molar-refractivity contribution in [2.75, 3.05) is 0 Å². The average molecular weight is 253 g/mol. The molecule has 1 saturated carbocycles. The Morgan fingerprint density at radius 2 is 1.56 bits per heavy atom. The molecule has 0 saturated heterocycles. The summed E-state index contributed by atoms with van der Waals surface area (Å²) in [5.41, 5.74) is 6.38. The minimum atomic E-state index is 0.495. The van der Waals surface area contributed by atoms with Gasteiger partial charge in [0.1, 0.15) is 0 Å². The maximum Gasteiger partial charge on any atom is 0.00671 e. The fourth-order valence-corrected chi connectivity index (χ4v) is 3.53. The molecule has 2 N–H and O–H groups in total. The van der Waals surface area contributed by atoms with Gasteiger partial charge in [0.05, 0.1) is 0 Å². The lowest BCUT2D eigenvalue weighted by atomic mass is 9.76. The minimum absolute atomic E-state index is 0.495. The van der Waals surface area contributed by atoms with Crippen LogP contribution in [0.4, 0.5) is 0 Å². The van der Waals surface area contributed by atoms with Crippen molar-refractivity contribution in [2.24, 2.45) is 17.6 Å². The van der Waals surface area contributed by atoms with E-state index in [-0.39, 0.29) is 0 Å². The van der Waals surface area contributed by atoms with E-state index in [2.05, 4.69) is 13.8 Å². The fraction of sp³-hybridized carbons (Fsp3) is 1.00. The van der Waals surface area contributed by atoms with E-state index < -0.39 is 0 Å². The van der Waals surface area contributed by atoms with Gasteiger partial charge in [0.15, 0.2) is 0 Å². The maximum atomic E-state index is 6.38. The molecule has 0 bridgehead atoms. The molecular weight excluding hydrogens is 218 g/mol. The molecule has 1 heteroatoms. The lowest BCUT2D eigenvalue weighted by molar-refractivity contribution is 0.226. The van der Waals surface area contributed by atoms with Gasteiger partial charge in [-0.05, 0) is 31.1 Å². The summed E-state index contributed by atoms with van der Waals surface area (Å²) in [6, 6.07) is 0.495. The molecule has 0 amide bonds. The molecule has 0 radical (unpaired) electrons. The fourth-order valence-electron chi connectivity index (χ4n) is 3.53. The largest absolute Gasteiger partial charge is 0.327 e. The zero-order valence-electron chi connectivity index (χ0n) is 12.8. The van der Waals surface area contributed by atoms with Crippen molar-refractivity contribution < 1.29 is 0 Å². The molecule has 1 rings (SSSR count).